The van der Waals surface area contributed by atoms with Gasteiger partial charge in [0.25, 0.3) is 0 Å². The Labute approximate surface area is 113 Å². The molecule has 0 rings (SSSR count). The second-order valence-electron chi connectivity index (χ2n) is 5.99. The van der Waals surface area contributed by atoms with E-state index in [2.05, 4.69) is 24.7 Å². The van der Waals surface area contributed by atoms with Gasteiger partial charge >= 0.3 is 0 Å². The van der Waals surface area contributed by atoms with E-state index in [1.807, 2.05) is 27.7 Å². The summed E-state index contributed by atoms with van der Waals surface area (Å²) in [5.41, 5.74) is -2.01. The lowest BCUT2D eigenvalue weighted by molar-refractivity contribution is 0.0859. The third kappa shape index (κ3) is 11.5. The van der Waals surface area contributed by atoms with Gasteiger partial charge in [0.1, 0.15) is 11.2 Å². The maximum atomic E-state index is 10.00. The second kappa shape index (κ2) is 8.20. The Hall–Kier alpha value is -0.960. The Morgan fingerprint density at radius 1 is 0.833 bits per heavy atom. The lowest BCUT2D eigenvalue weighted by atomic mass is 9.91. The van der Waals surface area contributed by atoms with E-state index in [4.69, 9.17) is 0 Å². The van der Waals surface area contributed by atoms with Crippen molar-refractivity contribution in [2.24, 2.45) is 11.8 Å². The van der Waals surface area contributed by atoms with Gasteiger partial charge in [-0.15, -0.1) is 12.8 Å². The summed E-state index contributed by atoms with van der Waals surface area (Å²) >= 11 is 0. The maximum Gasteiger partial charge on any atom is 0.123 e. The Morgan fingerprint density at radius 3 is 1.22 bits per heavy atom. The zero-order valence-electron chi connectivity index (χ0n) is 12.6. The van der Waals surface area contributed by atoms with Gasteiger partial charge in [-0.05, 0) is 38.5 Å². The van der Waals surface area contributed by atoms with Crippen molar-refractivity contribution in [1.29, 1.82) is 0 Å². The molecule has 0 aromatic rings. The smallest absolute Gasteiger partial charge is 0.123 e. The van der Waals surface area contributed by atoms with E-state index >= 15 is 0 Å². The van der Waals surface area contributed by atoms with Crippen molar-refractivity contribution < 1.29 is 10.2 Å². The molecule has 0 aromatic heterocycles. The minimum Gasteiger partial charge on any atom is -0.378 e. The van der Waals surface area contributed by atoms with Crippen LogP contribution in [0.15, 0.2) is 0 Å². The maximum absolute atomic E-state index is 10.00. The van der Waals surface area contributed by atoms with Gasteiger partial charge in [-0.1, -0.05) is 39.5 Å². The van der Waals surface area contributed by atoms with Crippen molar-refractivity contribution in [1.82, 2.24) is 0 Å². The standard InChI is InChI=1S/C14H26O2.C2H2/c1-11(2)9-13(5,15)7-8-14(6,16)10-12(3)4;1-2/h11-12,15-16H,9-10H2,1-6H3;1-2H. The van der Waals surface area contributed by atoms with E-state index in [1.165, 1.54) is 0 Å². The summed E-state index contributed by atoms with van der Waals surface area (Å²) in [6, 6.07) is 0. The fraction of sp³-hybridized carbons (Fsp3) is 0.750. The summed E-state index contributed by atoms with van der Waals surface area (Å²) in [6.07, 6.45) is 9.25. The number of hydrogen-bond acceptors (Lipinski definition) is 2. The van der Waals surface area contributed by atoms with Gasteiger partial charge in [0.15, 0.2) is 0 Å². The predicted octanol–water partition coefficient (Wildman–Crippen LogP) is 2.83. The molecule has 0 radical (unpaired) electrons. The van der Waals surface area contributed by atoms with Crippen molar-refractivity contribution in [2.45, 2.75) is 65.6 Å². The van der Waals surface area contributed by atoms with Gasteiger partial charge < -0.3 is 10.2 Å². The van der Waals surface area contributed by atoms with Gasteiger partial charge in [-0.25, -0.2) is 0 Å². The minimum atomic E-state index is -1.00. The molecule has 2 nitrogen and oxygen atoms in total. The zero-order valence-corrected chi connectivity index (χ0v) is 12.6. The van der Waals surface area contributed by atoms with Gasteiger partial charge in [-0.2, -0.15) is 0 Å². The van der Waals surface area contributed by atoms with E-state index < -0.39 is 11.2 Å². The number of terminal acetylenes is 1. The first-order chi connectivity index (χ1) is 8.04. The highest BCUT2D eigenvalue weighted by Crippen LogP contribution is 2.18. The monoisotopic (exact) mass is 252 g/mol. The normalized spacial score (nSPS) is 16.9. The van der Waals surface area contributed by atoms with Crippen molar-refractivity contribution in [3.63, 3.8) is 0 Å². The largest absolute Gasteiger partial charge is 0.378 e. The van der Waals surface area contributed by atoms with E-state index in [0.29, 0.717) is 24.7 Å². The molecule has 104 valence electrons. The molecule has 0 heterocycles. The van der Waals surface area contributed by atoms with Crippen LogP contribution in [0.3, 0.4) is 0 Å². The lowest BCUT2D eigenvalue weighted by Crippen LogP contribution is -2.28. The van der Waals surface area contributed by atoms with Crippen molar-refractivity contribution in [2.75, 3.05) is 0 Å². The highest BCUT2D eigenvalue weighted by atomic mass is 16.3. The molecule has 0 aliphatic heterocycles. The van der Waals surface area contributed by atoms with Crippen LogP contribution in [0.1, 0.15) is 54.4 Å². The molecule has 0 aliphatic rings. The van der Waals surface area contributed by atoms with Gasteiger partial charge in [0.2, 0.25) is 0 Å². The molecule has 2 heteroatoms. The average Bonchev–Trinajstić information content (AvgIpc) is 2.14. The number of rotatable bonds is 4. The Morgan fingerprint density at radius 2 is 1.06 bits per heavy atom. The van der Waals surface area contributed by atoms with Crippen LogP contribution in [0.25, 0.3) is 0 Å². The summed E-state index contributed by atoms with van der Waals surface area (Å²) in [7, 11) is 0. The molecule has 0 aliphatic carbocycles. The number of aliphatic hydroxyl groups is 2. The van der Waals surface area contributed by atoms with E-state index in [1.54, 1.807) is 13.8 Å². The first-order valence-corrected chi connectivity index (χ1v) is 6.36. The van der Waals surface area contributed by atoms with Crippen LogP contribution in [-0.4, -0.2) is 21.4 Å². The predicted molar refractivity (Wildman–Crippen MR) is 77.8 cm³/mol. The molecule has 0 amide bonds. The molecule has 0 fully saturated rings. The van der Waals surface area contributed by atoms with Crippen molar-refractivity contribution >= 4 is 0 Å². The second-order valence-corrected chi connectivity index (χ2v) is 5.99. The van der Waals surface area contributed by atoms with Crippen LogP contribution in [-0.2, 0) is 0 Å². The quantitative estimate of drug-likeness (QED) is 0.755. The van der Waals surface area contributed by atoms with E-state index in [-0.39, 0.29) is 0 Å². The molecule has 18 heavy (non-hydrogen) atoms. The first-order valence-electron chi connectivity index (χ1n) is 6.36. The molecule has 0 aromatic carbocycles. The number of hydrogen-bond donors (Lipinski definition) is 2. The van der Waals surface area contributed by atoms with E-state index in [9.17, 15) is 10.2 Å². The molecule has 2 unspecified atom stereocenters. The highest BCUT2D eigenvalue weighted by Gasteiger charge is 2.22. The zero-order chi connectivity index (χ0) is 15.0. The Balaban J connectivity index is 0. The summed E-state index contributed by atoms with van der Waals surface area (Å²) in [6.45, 7) is 11.6. The lowest BCUT2D eigenvalue weighted by Gasteiger charge is -2.22. The fourth-order valence-corrected chi connectivity index (χ4v) is 1.96. The van der Waals surface area contributed by atoms with Crippen molar-refractivity contribution in [3.05, 3.63) is 0 Å². The van der Waals surface area contributed by atoms with Crippen LogP contribution >= 0.6 is 0 Å². The van der Waals surface area contributed by atoms with Crippen LogP contribution in [0, 0.1) is 36.5 Å². The van der Waals surface area contributed by atoms with Gasteiger partial charge in [0.05, 0.1) is 0 Å². The molecule has 2 atom stereocenters. The third-order valence-electron chi connectivity index (χ3n) is 2.21. The molecular formula is C16H28O2. The molecular weight excluding hydrogens is 224 g/mol. The SMILES string of the molecule is C#C.CC(C)CC(C)(O)C#CC(C)(O)CC(C)C. The molecule has 2 N–H and O–H groups in total. The van der Waals surface area contributed by atoms with Crippen LogP contribution in [0.5, 0.6) is 0 Å². The van der Waals surface area contributed by atoms with Gasteiger partial charge in [-0.3, -0.25) is 0 Å². The highest BCUT2D eigenvalue weighted by molar-refractivity contribution is 5.19. The Bertz CT molecular complexity index is 272. The Kier molecular flexibility index (Phi) is 8.83. The molecule has 0 saturated carbocycles. The summed E-state index contributed by atoms with van der Waals surface area (Å²) in [5, 5.41) is 20.0. The topological polar surface area (TPSA) is 40.5 Å². The van der Waals surface area contributed by atoms with Crippen LogP contribution in [0.4, 0.5) is 0 Å². The van der Waals surface area contributed by atoms with Crippen LogP contribution in [0.2, 0.25) is 0 Å². The third-order valence-corrected chi connectivity index (χ3v) is 2.21. The average molecular weight is 252 g/mol. The summed E-state index contributed by atoms with van der Waals surface area (Å²) in [4.78, 5) is 0. The summed E-state index contributed by atoms with van der Waals surface area (Å²) < 4.78 is 0. The van der Waals surface area contributed by atoms with E-state index in [0.717, 1.165) is 0 Å². The molecule has 0 spiro atoms. The van der Waals surface area contributed by atoms with Crippen LogP contribution < -0.4 is 0 Å². The van der Waals surface area contributed by atoms with Gasteiger partial charge in [0, 0.05) is 0 Å². The summed E-state index contributed by atoms with van der Waals surface area (Å²) in [5.74, 6) is 6.36. The molecule has 0 bridgehead atoms. The minimum absolute atomic E-state index is 0.388. The molecule has 0 saturated heterocycles. The fourth-order valence-electron chi connectivity index (χ4n) is 1.96. The first kappa shape index (κ1) is 19.4. The van der Waals surface area contributed by atoms with Crippen molar-refractivity contribution in [3.8, 4) is 24.7 Å².